The average molecular weight is 406 g/mol. The van der Waals surface area contributed by atoms with Crippen molar-refractivity contribution in [2.45, 2.75) is 25.7 Å². The Balaban J connectivity index is 1.33. The number of aromatic nitrogens is 1. The number of anilines is 2. The molecule has 1 aromatic heterocycles. The van der Waals surface area contributed by atoms with E-state index in [1.807, 2.05) is 36.4 Å². The van der Waals surface area contributed by atoms with Gasteiger partial charge in [-0.2, -0.15) is 0 Å². The summed E-state index contributed by atoms with van der Waals surface area (Å²) in [6.07, 6.45) is 7.07. The first-order chi connectivity index (χ1) is 14.2. The fourth-order valence-corrected chi connectivity index (χ4v) is 4.97. The Bertz CT molecular complexity index is 1030. The summed E-state index contributed by atoms with van der Waals surface area (Å²) in [5.41, 5.74) is 3.18. The molecular formula is C24H24ClN3O. The number of nitrogens with zero attached hydrogens (tertiary/aromatic N) is 2. The molecule has 2 aliphatic heterocycles. The lowest BCUT2D eigenvalue weighted by Crippen LogP contribution is -2.28. The second-order valence-corrected chi connectivity index (χ2v) is 8.67. The van der Waals surface area contributed by atoms with Gasteiger partial charge >= 0.3 is 0 Å². The van der Waals surface area contributed by atoms with E-state index in [-0.39, 0.29) is 5.91 Å². The van der Waals surface area contributed by atoms with Crippen LogP contribution in [0.15, 0.2) is 54.7 Å². The molecule has 0 radical (unpaired) electrons. The van der Waals surface area contributed by atoms with Gasteiger partial charge in [-0.15, -0.1) is 0 Å². The zero-order chi connectivity index (χ0) is 19.8. The Morgan fingerprint density at radius 1 is 0.966 bits per heavy atom. The predicted molar refractivity (Wildman–Crippen MR) is 119 cm³/mol. The normalized spacial score (nSPS) is 21.2. The van der Waals surface area contributed by atoms with Crippen LogP contribution in [-0.2, 0) is 0 Å². The van der Waals surface area contributed by atoms with E-state index in [1.54, 1.807) is 6.20 Å². The summed E-state index contributed by atoms with van der Waals surface area (Å²) >= 11 is 6.49. The fraction of sp³-hybridized carbons (Fsp3) is 0.333. The SMILES string of the molecule is O=C(Nc1cnc2ccccc2c1Cl)c1ccc(N2CC3CCC(CC3)C2)cc1. The molecule has 2 bridgehead atoms. The number of fused-ring (bicyclic) bond motifs is 5. The number of pyridine rings is 1. The highest BCUT2D eigenvalue weighted by Crippen LogP contribution is 2.36. The minimum atomic E-state index is -0.175. The number of carbonyl (C=O) groups excluding carboxylic acids is 1. The summed E-state index contributed by atoms with van der Waals surface area (Å²) in [5.74, 6) is 1.46. The maximum atomic E-state index is 12.7. The Labute approximate surface area is 175 Å². The molecule has 1 saturated carbocycles. The molecule has 1 N–H and O–H groups in total. The first-order valence-corrected chi connectivity index (χ1v) is 10.7. The summed E-state index contributed by atoms with van der Waals surface area (Å²) in [6, 6.07) is 15.6. The number of amides is 1. The summed E-state index contributed by atoms with van der Waals surface area (Å²) in [4.78, 5) is 19.6. The molecule has 0 spiro atoms. The maximum Gasteiger partial charge on any atom is 0.255 e. The van der Waals surface area contributed by atoms with E-state index >= 15 is 0 Å². The first-order valence-electron chi connectivity index (χ1n) is 10.4. The number of halogens is 1. The Hall–Kier alpha value is -2.59. The molecule has 3 aromatic rings. The van der Waals surface area contributed by atoms with Gasteiger partial charge in [0.1, 0.15) is 0 Å². The summed E-state index contributed by atoms with van der Waals surface area (Å²) in [5, 5.41) is 4.25. The predicted octanol–water partition coefficient (Wildman–Crippen LogP) is 5.77. The van der Waals surface area contributed by atoms with Crippen molar-refractivity contribution >= 4 is 39.8 Å². The summed E-state index contributed by atoms with van der Waals surface area (Å²) < 4.78 is 0. The third-order valence-corrected chi connectivity index (χ3v) is 6.78. The van der Waals surface area contributed by atoms with Gasteiger partial charge in [-0.25, -0.2) is 0 Å². The smallest absolute Gasteiger partial charge is 0.255 e. The molecule has 3 aliphatic rings. The van der Waals surface area contributed by atoms with Crippen molar-refractivity contribution in [2.24, 2.45) is 11.8 Å². The quantitative estimate of drug-likeness (QED) is 0.601. The van der Waals surface area contributed by atoms with Crippen LogP contribution in [0.5, 0.6) is 0 Å². The molecule has 1 aliphatic carbocycles. The fourth-order valence-electron chi connectivity index (χ4n) is 4.72. The standard InChI is InChI=1S/C24H24ClN3O/c25-23-20-3-1-2-4-21(20)26-13-22(23)27-24(29)18-9-11-19(12-10-18)28-14-16-5-6-17(15-28)8-7-16/h1-4,9-13,16-17H,5-8,14-15H2,(H,27,29). The van der Waals surface area contributed by atoms with Crippen molar-refractivity contribution in [1.29, 1.82) is 0 Å². The van der Waals surface area contributed by atoms with Crippen LogP contribution in [0.25, 0.3) is 10.9 Å². The number of rotatable bonds is 3. The van der Waals surface area contributed by atoms with E-state index in [1.165, 1.54) is 31.4 Å². The summed E-state index contributed by atoms with van der Waals surface area (Å²) in [7, 11) is 0. The monoisotopic (exact) mass is 405 g/mol. The van der Waals surface area contributed by atoms with Gasteiger partial charge in [0.25, 0.3) is 5.91 Å². The Morgan fingerprint density at radius 3 is 2.31 bits per heavy atom. The first kappa shape index (κ1) is 18.4. The van der Waals surface area contributed by atoms with Crippen molar-refractivity contribution in [1.82, 2.24) is 4.98 Å². The maximum absolute atomic E-state index is 12.7. The van der Waals surface area contributed by atoms with Crippen molar-refractivity contribution < 1.29 is 4.79 Å². The van der Waals surface area contributed by atoms with Gasteiger partial charge in [0.05, 0.1) is 22.4 Å². The van der Waals surface area contributed by atoms with E-state index in [9.17, 15) is 4.79 Å². The molecule has 148 valence electrons. The van der Waals surface area contributed by atoms with Gasteiger partial charge in [-0.3, -0.25) is 9.78 Å². The van der Waals surface area contributed by atoms with E-state index in [4.69, 9.17) is 11.6 Å². The van der Waals surface area contributed by atoms with Crippen LogP contribution in [0.2, 0.25) is 5.02 Å². The molecule has 0 unspecified atom stereocenters. The van der Waals surface area contributed by atoms with E-state index in [0.717, 1.165) is 35.8 Å². The van der Waals surface area contributed by atoms with E-state index < -0.39 is 0 Å². The van der Waals surface area contributed by atoms with Crippen LogP contribution < -0.4 is 10.2 Å². The number of hydrogen-bond acceptors (Lipinski definition) is 3. The molecular weight excluding hydrogens is 382 g/mol. The van der Waals surface area contributed by atoms with Crippen LogP contribution in [0.3, 0.4) is 0 Å². The van der Waals surface area contributed by atoms with Gasteiger partial charge < -0.3 is 10.2 Å². The third kappa shape index (κ3) is 3.69. The second kappa shape index (κ2) is 7.68. The van der Waals surface area contributed by atoms with Crippen molar-refractivity contribution in [3.8, 4) is 0 Å². The van der Waals surface area contributed by atoms with Gasteiger partial charge in [0, 0.05) is 29.7 Å². The van der Waals surface area contributed by atoms with Crippen molar-refractivity contribution in [3.63, 3.8) is 0 Å². The van der Waals surface area contributed by atoms with Crippen LogP contribution in [0.4, 0.5) is 11.4 Å². The zero-order valence-corrected chi connectivity index (χ0v) is 17.0. The van der Waals surface area contributed by atoms with Crippen molar-refractivity contribution in [2.75, 3.05) is 23.3 Å². The number of para-hydroxylation sites is 1. The minimum Gasteiger partial charge on any atom is -0.371 e. The number of benzene rings is 2. The molecule has 3 fully saturated rings. The Morgan fingerprint density at radius 2 is 1.62 bits per heavy atom. The second-order valence-electron chi connectivity index (χ2n) is 8.30. The van der Waals surface area contributed by atoms with Gasteiger partial charge in [-0.05, 0) is 67.9 Å². The van der Waals surface area contributed by atoms with E-state index in [0.29, 0.717) is 16.3 Å². The lowest BCUT2D eigenvalue weighted by Gasteiger charge is -2.25. The van der Waals surface area contributed by atoms with Crippen LogP contribution in [-0.4, -0.2) is 24.0 Å². The van der Waals surface area contributed by atoms with Gasteiger partial charge in [0.2, 0.25) is 0 Å². The Kier molecular flexibility index (Phi) is 4.88. The molecule has 2 saturated heterocycles. The molecule has 29 heavy (non-hydrogen) atoms. The largest absolute Gasteiger partial charge is 0.371 e. The highest BCUT2D eigenvalue weighted by molar-refractivity contribution is 6.38. The molecule has 2 aromatic carbocycles. The average Bonchev–Trinajstić information content (AvgIpc) is 3.10. The molecule has 0 atom stereocenters. The summed E-state index contributed by atoms with van der Waals surface area (Å²) in [6.45, 7) is 2.28. The van der Waals surface area contributed by atoms with Crippen LogP contribution in [0.1, 0.15) is 36.0 Å². The van der Waals surface area contributed by atoms with Gasteiger partial charge in [-0.1, -0.05) is 29.8 Å². The molecule has 5 heteroatoms. The highest BCUT2D eigenvalue weighted by Gasteiger charge is 2.29. The zero-order valence-electron chi connectivity index (χ0n) is 16.3. The topological polar surface area (TPSA) is 45.2 Å². The number of carbonyl (C=O) groups is 1. The minimum absolute atomic E-state index is 0.175. The molecule has 4 nitrogen and oxygen atoms in total. The number of hydrogen-bond donors (Lipinski definition) is 1. The van der Waals surface area contributed by atoms with Gasteiger partial charge in [0.15, 0.2) is 0 Å². The van der Waals surface area contributed by atoms with Crippen LogP contribution in [0, 0.1) is 11.8 Å². The van der Waals surface area contributed by atoms with Crippen LogP contribution >= 0.6 is 11.6 Å². The highest BCUT2D eigenvalue weighted by atomic mass is 35.5. The van der Waals surface area contributed by atoms with E-state index in [2.05, 4.69) is 27.3 Å². The number of nitrogens with one attached hydrogen (secondary N) is 1. The molecule has 3 heterocycles. The third-order valence-electron chi connectivity index (χ3n) is 6.38. The molecule has 6 rings (SSSR count). The lowest BCUT2D eigenvalue weighted by atomic mass is 9.84. The lowest BCUT2D eigenvalue weighted by molar-refractivity contribution is 0.102. The van der Waals surface area contributed by atoms with Crippen molar-refractivity contribution in [3.05, 3.63) is 65.3 Å². The molecule has 1 amide bonds.